The van der Waals surface area contributed by atoms with Gasteiger partial charge in [0.2, 0.25) is 0 Å². The third-order valence-corrected chi connectivity index (χ3v) is 5.66. The summed E-state index contributed by atoms with van der Waals surface area (Å²) in [6.07, 6.45) is 1.53. The third kappa shape index (κ3) is 5.07. The number of carbonyl (C=O) groups excluding carboxylic acids is 1. The molecule has 0 saturated carbocycles. The molecule has 1 aromatic heterocycles. The number of rotatable bonds is 5. The van der Waals surface area contributed by atoms with Crippen molar-refractivity contribution in [3.8, 4) is 5.75 Å². The van der Waals surface area contributed by atoms with Crippen LogP contribution in [0.4, 0.5) is 5.69 Å². The standard InChI is InChI=1S/C19H22BrN5O5S/c1-10(2)15(14-8-11(20)9-30-14)22-18-17(23-31(28,29)24-18)21-13-7-5-6-12(16(13)26)19(27)25(3)4/h5-10,15,26H,1-4H3,(H,21,23)(H,22,24)/t15-/m1/s1. The van der Waals surface area contributed by atoms with E-state index in [0.717, 1.165) is 4.47 Å². The normalized spacial score (nSPS) is 15.9. The number of phenols is 1. The molecule has 2 heterocycles. The first-order valence-electron chi connectivity index (χ1n) is 9.25. The number of nitrogens with zero attached hydrogens (tertiary/aromatic N) is 3. The number of halogens is 1. The molecular weight excluding hydrogens is 490 g/mol. The van der Waals surface area contributed by atoms with Gasteiger partial charge in [-0.1, -0.05) is 19.9 Å². The number of benzene rings is 1. The second-order valence-corrected chi connectivity index (χ2v) is 9.56. The number of furan rings is 1. The van der Waals surface area contributed by atoms with Crippen LogP contribution in [0.3, 0.4) is 0 Å². The summed E-state index contributed by atoms with van der Waals surface area (Å²) in [4.78, 5) is 13.6. The van der Waals surface area contributed by atoms with Crippen molar-refractivity contribution in [3.63, 3.8) is 0 Å². The first-order valence-corrected chi connectivity index (χ1v) is 11.4. The molecule has 0 spiro atoms. The number of para-hydroxylation sites is 1. The molecule has 10 nitrogen and oxygen atoms in total. The van der Waals surface area contributed by atoms with Crippen LogP contribution in [0.5, 0.6) is 5.75 Å². The quantitative estimate of drug-likeness (QED) is 0.524. The van der Waals surface area contributed by atoms with Crippen molar-refractivity contribution in [1.82, 2.24) is 10.2 Å². The van der Waals surface area contributed by atoms with Crippen molar-refractivity contribution in [2.24, 2.45) is 14.7 Å². The Morgan fingerprint density at radius 3 is 2.48 bits per heavy atom. The Kier molecular flexibility index (Phi) is 6.41. The van der Waals surface area contributed by atoms with Gasteiger partial charge in [-0.25, -0.2) is 0 Å². The molecule has 3 rings (SSSR count). The van der Waals surface area contributed by atoms with Crippen LogP contribution in [0, 0.1) is 5.92 Å². The minimum absolute atomic E-state index is 0.0137. The van der Waals surface area contributed by atoms with E-state index in [1.807, 2.05) is 13.8 Å². The van der Waals surface area contributed by atoms with Gasteiger partial charge < -0.3 is 25.1 Å². The van der Waals surface area contributed by atoms with E-state index in [-0.39, 0.29) is 34.6 Å². The van der Waals surface area contributed by atoms with Gasteiger partial charge in [0.15, 0.2) is 17.4 Å². The zero-order valence-corrected chi connectivity index (χ0v) is 19.7. The lowest BCUT2D eigenvalue weighted by molar-refractivity contribution is 0.0824. The van der Waals surface area contributed by atoms with Gasteiger partial charge in [0.1, 0.15) is 12.0 Å². The highest BCUT2D eigenvalue weighted by Gasteiger charge is 2.30. The van der Waals surface area contributed by atoms with Crippen molar-refractivity contribution in [1.29, 1.82) is 0 Å². The van der Waals surface area contributed by atoms with Gasteiger partial charge in [0, 0.05) is 14.1 Å². The fourth-order valence-electron chi connectivity index (χ4n) is 2.90. The van der Waals surface area contributed by atoms with Gasteiger partial charge in [-0.2, -0.15) is 8.42 Å². The van der Waals surface area contributed by atoms with E-state index in [1.54, 1.807) is 26.2 Å². The second-order valence-electron chi connectivity index (χ2n) is 7.39. The molecule has 0 fully saturated rings. The molecule has 0 saturated heterocycles. The van der Waals surface area contributed by atoms with E-state index in [4.69, 9.17) is 4.42 Å². The molecule has 0 unspecified atom stereocenters. The smallest absolute Gasteiger partial charge is 0.367 e. The Balaban J connectivity index is 1.92. The molecule has 0 radical (unpaired) electrons. The molecule has 1 aliphatic heterocycles. The number of aromatic hydroxyl groups is 1. The first kappa shape index (κ1) is 22.8. The van der Waals surface area contributed by atoms with Gasteiger partial charge in [-0.05, 0) is 40.0 Å². The molecule has 1 aromatic carbocycles. The molecule has 3 N–H and O–H groups in total. The van der Waals surface area contributed by atoms with Crippen LogP contribution in [-0.4, -0.2) is 50.1 Å². The summed E-state index contributed by atoms with van der Waals surface area (Å²) in [7, 11) is -0.994. The lowest BCUT2D eigenvalue weighted by Crippen LogP contribution is -2.38. The third-order valence-electron chi connectivity index (χ3n) is 4.42. The molecule has 0 bridgehead atoms. The maximum absolute atomic E-state index is 12.3. The van der Waals surface area contributed by atoms with Crippen LogP contribution in [0.2, 0.25) is 0 Å². The summed E-state index contributed by atoms with van der Waals surface area (Å²) < 4.78 is 37.7. The number of hydrogen-bond acceptors (Lipinski definition) is 7. The zero-order valence-electron chi connectivity index (χ0n) is 17.2. The van der Waals surface area contributed by atoms with Crippen molar-refractivity contribution in [2.45, 2.75) is 19.9 Å². The fourth-order valence-corrected chi connectivity index (χ4v) is 4.00. The lowest BCUT2D eigenvalue weighted by Gasteiger charge is -2.22. The van der Waals surface area contributed by atoms with Crippen molar-refractivity contribution >= 4 is 49.4 Å². The molecule has 1 aliphatic rings. The van der Waals surface area contributed by atoms with Gasteiger partial charge in [0.25, 0.3) is 5.91 Å². The fraction of sp³-hybridized carbons (Fsp3) is 0.316. The maximum atomic E-state index is 12.3. The first-order chi connectivity index (χ1) is 14.5. The highest BCUT2D eigenvalue weighted by molar-refractivity contribution is 9.10. The van der Waals surface area contributed by atoms with Crippen molar-refractivity contribution in [3.05, 3.63) is 46.3 Å². The van der Waals surface area contributed by atoms with E-state index in [1.165, 1.54) is 23.3 Å². The summed E-state index contributed by atoms with van der Waals surface area (Å²) in [5, 5.41) is 16.4. The number of phenolic OH excluding ortho intramolecular Hbond substituents is 1. The van der Waals surface area contributed by atoms with Crippen LogP contribution in [-0.2, 0) is 10.2 Å². The van der Waals surface area contributed by atoms with Gasteiger partial charge in [-0.3, -0.25) is 4.79 Å². The van der Waals surface area contributed by atoms with Crippen molar-refractivity contribution in [2.75, 3.05) is 19.4 Å². The minimum Gasteiger partial charge on any atom is -0.505 e. The zero-order chi connectivity index (χ0) is 22.9. The van der Waals surface area contributed by atoms with Crippen LogP contribution < -0.4 is 10.6 Å². The maximum Gasteiger partial charge on any atom is 0.367 e. The number of amidine groups is 2. The number of hydrogen-bond donors (Lipinski definition) is 3. The molecular formula is C19H22BrN5O5S. The van der Waals surface area contributed by atoms with Gasteiger partial charge in [0.05, 0.1) is 21.8 Å². The number of anilines is 1. The van der Waals surface area contributed by atoms with E-state index in [0.29, 0.717) is 5.76 Å². The number of nitrogens with one attached hydrogen (secondary N) is 2. The molecule has 1 atom stereocenters. The highest BCUT2D eigenvalue weighted by Crippen LogP contribution is 2.30. The topological polar surface area (TPSA) is 137 Å². The van der Waals surface area contributed by atoms with E-state index < -0.39 is 22.2 Å². The largest absolute Gasteiger partial charge is 0.505 e. The Bertz CT molecular complexity index is 1170. The SMILES string of the molecule is CC(C)[C@@H](NC1=NS(=O)(=O)N=C1Nc1cccc(C(=O)N(C)C)c1O)c1cc(Br)co1. The van der Waals surface area contributed by atoms with Crippen LogP contribution in [0.25, 0.3) is 0 Å². The molecule has 166 valence electrons. The number of amides is 1. The predicted octanol–water partition coefficient (Wildman–Crippen LogP) is 2.90. The average molecular weight is 512 g/mol. The van der Waals surface area contributed by atoms with E-state index in [2.05, 4.69) is 35.4 Å². The summed E-state index contributed by atoms with van der Waals surface area (Å²) in [5.41, 5.74) is 0.170. The summed E-state index contributed by atoms with van der Waals surface area (Å²) in [6, 6.07) is 5.89. The Morgan fingerprint density at radius 2 is 1.90 bits per heavy atom. The monoisotopic (exact) mass is 511 g/mol. The second kappa shape index (κ2) is 8.71. The Labute approximate surface area is 188 Å². The summed E-state index contributed by atoms with van der Waals surface area (Å²) in [5.74, 6) is -0.286. The molecule has 31 heavy (non-hydrogen) atoms. The highest BCUT2D eigenvalue weighted by atomic mass is 79.9. The van der Waals surface area contributed by atoms with E-state index >= 15 is 0 Å². The van der Waals surface area contributed by atoms with Crippen LogP contribution >= 0.6 is 15.9 Å². The summed E-state index contributed by atoms with van der Waals surface area (Å²) >= 11 is 3.33. The lowest BCUT2D eigenvalue weighted by atomic mass is 10.0. The van der Waals surface area contributed by atoms with Gasteiger partial charge >= 0.3 is 10.2 Å². The predicted molar refractivity (Wildman–Crippen MR) is 121 cm³/mol. The average Bonchev–Trinajstić information content (AvgIpc) is 3.22. The number of carbonyl (C=O) groups is 1. The molecule has 1 amide bonds. The van der Waals surface area contributed by atoms with E-state index in [9.17, 15) is 18.3 Å². The van der Waals surface area contributed by atoms with Crippen LogP contribution in [0.1, 0.15) is 36.0 Å². The molecule has 12 heteroatoms. The summed E-state index contributed by atoms with van der Waals surface area (Å²) in [6.45, 7) is 3.87. The molecule has 0 aliphatic carbocycles. The molecule has 2 aromatic rings. The Morgan fingerprint density at radius 1 is 1.23 bits per heavy atom. The minimum atomic E-state index is -4.11. The Hall–Kier alpha value is -2.86. The van der Waals surface area contributed by atoms with Crippen LogP contribution in [0.15, 0.2) is 48.2 Å². The van der Waals surface area contributed by atoms with Gasteiger partial charge in [-0.15, -0.1) is 8.80 Å². The van der Waals surface area contributed by atoms with Crippen molar-refractivity contribution < 1.29 is 22.7 Å².